The Kier molecular flexibility index (Phi) is 7.89. The Balaban J connectivity index is 1.49. The lowest BCUT2D eigenvalue weighted by Crippen LogP contribution is -2.44. The molecule has 1 aliphatic heterocycles. The molecule has 8 heteroatoms. The SMILES string of the molecule is COc1ccccc1-c1c[nH]c2ncc(-c3ccc(NC(=O)C4CCCN(C(C)C)C4)c(C(=O)N(C)C)c3)cc12. The first-order valence-corrected chi connectivity index (χ1v) is 13.8. The zero-order valence-corrected chi connectivity index (χ0v) is 23.8. The number of likely N-dealkylation sites (tertiary alicyclic amines) is 1. The zero-order chi connectivity index (χ0) is 28.4. The van der Waals surface area contributed by atoms with E-state index >= 15 is 0 Å². The molecule has 8 nitrogen and oxygen atoms in total. The number of para-hydroxylation sites is 1. The highest BCUT2D eigenvalue weighted by Gasteiger charge is 2.28. The number of hydrogen-bond acceptors (Lipinski definition) is 5. The smallest absolute Gasteiger partial charge is 0.255 e. The van der Waals surface area contributed by atoms with Crippen molar-refractivity contribution in [1.82, 2.24) is 19.8 Å². The van der Waals surface area contributed by atoms with Gasteiger partial charge < -0.3 is 24.8 Å². The Morgan fingerprint density at radius 1 is 1.10 bits per heavy atom. The van der Waals surface area contributed by atoms with E-state index in [1.165, 1.54) is 4.90 Å². The van der Waals surface area contributed by atoms with Gasteiger partial charge in [0.25, 0.3) is 5.91 Å². The molecule has 1 aliphatic rings. The van der Waals surface area contributed by atoms with Gasteiger partial charge in [0.15, 0.2) is 0 Å². The summed E-state index contributed by atoms with van der Waals surface area (Å²) < 4.78 is 5.59. The minimum atomic E-state index is -0.171. The molecule has 0 spiro atoms. The molecule has 0 bridgehead atoms. The Bertz CT molecular complexity index is 1540. The number of nitrogens with one attached hydrogen (secondary N) is 2. The number of carbonyl (C=O) groups is 2. The first kappa shape index (κ1) is 27.4. The van der Waals surface area contributed by atoms with Gasteiger partial charge in [-0.1, -0.05) is 24.3 Å². The average molecular weight is 540 g/mol. The van der Waals surface area contributed by atoms with Gasteiger partial charge in [-0.3, -0.25) is 9.59 Å². The van der Waals surface area contributed by atoms with E-state index in [0.29, 0.717) is 17.3 Å². The van der Waals surface area contributed by atoms with Gasteiger partial charge >= 0.3 is 0 Å². The lowest BCUT2D eigenvalue weighted by molar-refractivity contribution is -0.121. The van der Waals surface area contributed by atoms with Crippen LogP contribution >= 0.6 is 0 Å². The number of rotatable bonds is 7. The maximum absolute atomic E-state index is 13.3. The number of aromatic nitrogens is 2. The first-order valence-electron chi connectivity index (χ1n) is 13.8. The summed E-state index contributed by atoms with van der Waals surface area (Å²) in [6.45, 7) is 6.06. The number of amides is 2. The Hall–Kier alpha value is -4.17. The van der Waals surface area contributed by atoms with Gasteiger partial charge in [0, 0.05) is 61.2 Å². The summed E-state index contributed by atoms with van der Waals surface area (Å²) in [5.74, 6) is 0.465. The fourth-order valence-corrected chi connectivity index (χ4v) is 5.43. The summed E-state index contributed by atoms with van der Waals surface area (Å²) in [4.78, 5) is 38.3. The molecule has 40 heavy (non-hydrogen) atoms. The van der Waals surface area contributed by atoms with Gasteiger partial charge in [0.2, 0.25) is 5.91 Å². The largest absolute Gasteiger partial charge is 0.496 e. The quantitative estimate of drug-likeness (QED) is 0.316. The number of fused-ring (bicyclic) bond motifs is 1. The van der Waals surface area contributed by atoms with Crippen LogP contribution in [0.15, 0.2) is 60.9 Å². The first-order chi connectivity index (χ1) is 19.3. The second-order valence-electron chi connectivity index (χ2n) is 10.9. The van der Waals surface area contributed by atoms with Crippen LogP contribution in [0.25, 0.3) is 33.3 Å². The molecule has 1 atom stereocenters. The summed E-state index contributed by atoms with van der Waals surface area (Å²) in [6, 6.07) is 16.0. The van der Waals surface area contributed by atoms with E-state index < -0.39 is 0 Å². The molecule has 2 N–H and O–H groups in total. The van der Waals surface area contributed by atoms with Crippen LogP contribution < -0.4 is 10.1 Å². The third-order valence-electron chi connectivity index (χ3n) is 7.73. The highest BCUT2D eigenvalue weighted by Crippen LogP contribution is 2.36. The van der Waals surface area contributed by atoms with Gasteiger partial charge in [-0.15, -0.1) is 0 Å². The van der Waals surface area contributed by atoms with Gasteiger partial charge in [-0.25, -0.2) is 4.98 Å². The van der Waals surface area contributed by atoms with Gasteiger partial charge in [0.1, 0.15) is 11.4 Å². The van der Waals surface area contributed by atoms with Gasteiger partial charge in [-0.05, 0) is 63.1 Å². The molecule has 0 radical (unpaired) electrons. The number of anilines is 1. The molecule has 2 aromatic heterocycles. The number of ether oxygens (including phenoxy) is 1. The molecule has 2 amide bonds. The Morgan fingerprint density at radius 2 is 1.90 bits per heavy atom. The van der Waals surface area contributed by atoms with Crippen molar-refractivity contribution >= 4 is 28.5 Å². The van der Waals surface area contributed by atoms with E-state index in [4.69, 9.17) is 4.74 Å². The van der Waals surface area contributed by atoms with Crippen molar-refractivity contribution in [1.29, 1.82) is 0 Å². The summed E-state index contributed by atoms with van der Waals surface area (Å²) in [5.41, 5.74) is 5.41. The van der Waals surface area contributed by atoms with Gasteiger partial charge in [0.05, 0.1) is 24.3 Å². The predicted molar refractivity (Wildman–Crippen MR) is 160 cm³/mol. The maximum Gasteiger partial charge on any atom is 0.255 e. The Labute approximate surface area is 235 Å². The molecule has 3 heterocycles. The molecule has 0 saturated carbocycles. The maximum atomic E-state index is 13.3. The minimum Gasteiger partial charge on any atom is -0.496 e. The molecule has 0 aliphatic carbocycles. The van der Waals surface area contributed by atoms with E-state index in [0.717, 1.165) is 65.0 Å². The number of H-pyrrole nitrogens is 1. The number of nitrogens with zero attached hydrogens (tertiary/aromatic N) is 3. The van der Waals surface area contributed by atoms with Crippen LogP contribution in [0.3, 0.4) is 0 Å². The monoisotopic (exact) mass is 539 g/mol. The summed E-state index contributed by atoms with van der Waals surface area (Å²) >= 11 is 0. The van der Waals surface area contributed by atoms with Crippen LogP contribution in [0.1, 0.15) is 37.0 Å². The summed E-state index contributed by atoms with van der Waals surface area (Å²) in [6.07, 6.45) is 5.57. The number of aromatic amines is 1. The van der Waals surface area contributed by atoms with Gasteiger partial charge in [-0.2, -0.15) is 0 Å². The van der Waals surface area contributed by atoms with Crippen LogP contribution in [0.2, 0.25) is 0 Å². The molecule has 1 unspecified atom stereocenters. The molecular weight excluding hydrogens is 502 g/mol. The normalized spacial score (nSPS) is 15.8. The van der Waals surface area contributed by atoms with Crippen LogP contribution in [0, 0.1) is 5.92 Å². The molecule has 2 aromatic carbocycles. The van der Waals surface area contributed by atoms with Crippen molar-refractivity contribution in [3.8, 4) is 28.0 Å². The average Bonchev–Trinajstić information content (AvgIpc) is 3.40. The number of piperidine rings is 1. The van der Waals surface area contributed by atoms with Crippen LogP contribution in [0.4, 0.5) is 5.69 Å². The second kappa shape index (κ2) is 11.5. The van der Waals surface area contributed by atoms with E-state index in [2.05, 4.69) is 40.1 Å². The second-order valence-corrected chi connectivity index (χ2v) is 10.9. The van der Waals surface area contributed by atoms with Crippen molar-refractivity contribution in [2.75, 3.05) is 39.6 Å². The number of methoxy groups -OCH3 is 1. The van der Waals surface area contributed by atoms with Crippen molar-refractivity contribution in [3.63, 3.8) is 0 Å². The van der Waals surface area contributed by atoms with E-state index in [9.17, 15) is 9.59 Å². The Morgan fingerprint density at radius 3 is 2.65 bits per heavy atom. The lowest BCUT2D eigenvalue weighted by Gasteiger charge is -2.34. The zero-order valence-electron chi connectivity index (χ0n) is 23.8. The van der Waals surface area contributed by atoms with Crippen LogP contribution in [0.5, 0.6) is 5.75 Å². The van der Waals surface area contributed by atoms with Crippen molar-refractivity contribution in [2.24, 2.45) is 5.92 Å². The van der Waals surface area contributed by atoms with Crippen molar-refractivity contribution < 1.29 is 14.3 Å². The third-order valence-corrected chi connectivity index (χ3v) is 7.73. The lowest BCUT2D eigenvalue weighted by atomic mass is 9.95. The fraction of sp³-hybridized carbons (Fsp3) is 0.344. The minimum absolute atomic E-state index is 0.0391. The van der Waals surface area contributed by atoms with Crippen molar-refractivity contribution in [2.45, 2.75) is 32.7 Å². The fourth-order valence-electron chi connectivity index (χ4n) is 5.43. The summed E-state index contributed by atoms with van der Waals surface area (Å²) in [7, 11) is 5.10. The summed E-state index contributed by atoms with van der Waals surface area (Å²) in [5, 5.41) is 4.03. The standard InChI is InChI=1S/C32H37N5O3/c1-20(2)37-14-8-9-22(19-37)31(38)35-28-13-12-21(15-26(28)32(39)36(3)4)23-16-25-27(18-34-30(25)33-17-23)24-10-6-7-11-29(24)40-5/h6-7,10-13,15-18,20,22H,8-9,14,19H2,1-5H3,(H,33,34)(H,35,38). The molecule has 1 fully saturated rings. The molecular formula is C32H37N5O3. The number of pyridine rings is 1. The number of carbonyl (C=O) groups excluding carboxylic acids is 2. The van der Waals surface area contributed by atoms with E-state index in [-0.39, 0.29) is 17.7 Å². The van der Waals surface area contributed by atoms with E-state index in [1.807, 2.05) is 48.7 Å². The molecule has 4 aromatic rings. The third kappa shape index (κ3) is 5.45. The topological polar surface area (TPSA) is 90.6 Å². The number of benzene rings is 2. The van der Waals surface area contributed by atoms with Crippen LogP contribution in [-0.4, -0.2) is 71.9 Å². The molecule has 5 rings (SSSR count). The van der Waals surface area contributed by atoms with Crippen LogP contribution in [-0.2, 0) is 4.79 Å². The van der Waals surface area contributed by atoms with Crippen molar-refractivity contribution in [3.05, 3.63) is 66.5 Å². The molecule has 1 saturated heterocycles. The highest BCUT2D eigenvalue weighted by atomic mass is 16.5. The number of hydrogen-bond donors (Lipinski definition) is 2. The predicted octanol–water partition coefficient (Wildman–Crippen LogP) is 5.67. The highest BCUT2D eigenvalue weighted by molar-refractivity contribution is 6.05. The molecule has 208 valence electrons. The van der Waals surface area contributed by atoms with E-state index in [1.54, 1.807) is 27.4 Å².